The topological polar surface area (TPSA) is 41.1 Å². The molecule has 1 saturated heterocycles. The Labute approximate surface area is 140 Å². The Balaban J connectivity index is 0.00000264. The van der Waals surface area contributed by atoms with Gasteiger partial charge in [-0.15, -0.1) is 12.4 Å². The Hall–Kier alpha value is -1.27. The van der Waals surface area contributed by atoms with Gasteiger partial charge in [-0.2, -0.15) is 13.2 Å². The Morgan fingerprint density at radius 2 is 2.17 bits per heavy atom. The van der Waals surface area contributed by atoms with Gasteiger partial charge in [0.2, 0.25) is 5.91 Å². The first kappa shape index (κ1) is 19.8. The third kappa shape index (κ3) is 5.70. The fourth-order valence-corrected chi connectivity index (χ4v) is 2.63. The molecule has 2 atom stereocenters. The molecular weight excluding hydrogens is 329 g/mol. The molecule has 1 aliphatic heterocycles. The first-order valence-electron chi connectivity index (χ1n) is 7.56. The van der Waals surface area contributed by atoms with E-state index >= 15 is 0 Å². The summed E-state index contributed by atoms with van der Waals surface area (Å²) in [7, 11) is 0. The molecule has 2 N–H and O–H groups in total. The van der Waals surface area contributed by atoms with Gasteiger partial charge in [-0.1, -0.05) is 25.1 Å². The molecule has 1 aliphatic rings. The second kappa shape index (κ2) is 8.55. The van der Waals surface area contributed by atoms with Crippen molar-refractivity contribution in [1.29, 1.82) is 0 Å². The van der Waals surface area contributed by atoms with Crippen LogP contribution < -0.4 is 10.6 Å². The maximum atomic E-state index is 12.7. The average Bonchev–Trinajstić information content (AvgIpc) is 3.00. The maximum absolute atomic E-state index is 12.7. The van der Waals surface area contributed by atoms with E-state index in [4.69, 9.17) is 0 Å². The minimum absolute atomic E-state index is 0. The van der Waals surface area contributed by atoms with Crippen molar-refractivity contribution in [2.45, 2.75) is 44.3 Å². The number of amides is 1. The highest BCUT2D eigenvalue weighted by Gasteiger charge is 2.30. The van der Waals surface area contributed by atoms with Crippen LogP contribution in [0, 0.1) is 0 Å². The summed E-state index contributed by atoms with van der Waals surface area (Å²) in [6.07, 6.45) is -1.87. The van der Waals surface area contributed by atoms with Crippen LogP contribution in [0.1, 0.15) is 43.2 Å². The Kier molecular flexibility index (Phi) is 7.35. The second-order valence-corrected chi connectivity index (χ2v) is 5.75. The number of benzene rings is 1. The summed E-state index contributed by atoms with van der Waals surface area (Å²) in [6, 6.07) is 5.26. The molecule has 3 nitrogen and oxygen atoms in total. The second-order valence-electron chi connectivity index (χ2n) is 5.75. The first-order chi connectivity index (χ1) is 10.4. The fraction of sp³-hybridized carbons (Fsp3) is 0.562. The summed E-state index contributed by atoms with van der Waals surface area (Å²) in [6.45, 7) is 3.20. The summed E-state index contributed by atoms with van der Waals surface area (Å²) in [5.41, 5.74) is 0.0131. The first-order valence-corrected chi connectivity index (χ1v) is 7.56. The van der Waals surface area contributed by atoms with E-state index in [0.717, 1.165) is 25.5 Å². The maximum Gasteiger partial charge on any atom is 0.416 e. The number of carbonyl (C=O) groups excluding carboxylic acids is 1. The molecule has 2 unspecified atom stereocenters. The van der Waals surface area contributed by atoms with Gasteiger partial charge in [-0.05, 0) is 43.4 Å². The lowest BCUT2D eigenvalue weighted by atomic mass is 9.96. The number of rotatable bonds is 5. The molecular formula is C16H22ClF3N2O. The average molecular weight is 351 g/mol. The number of hydrogen-bond acceptors (Lipinski definition) is 2. The van der Waals surface area contributed by atoms with Crippen molar-refractivity contribution in [2.75, 3.05) is 13.1 Å². The Morgan fingerprint density at radius 3 is 2.78 bits per heavy atom. The van der Waals surface area contributed by atoms with Crippen LogP contribution in [0.4, 0.5) is 13.2 Å². The van der Waals surface area contributed by atoms with E-state index in [-0.39, 0.29) is 30.3 Å². The Morgan fingerprint density at radius 1 is 1.43 bits per heavy atom. The smallest absolute Gasteiger partial charge is 0.355 e. The van der Waals surface area contributed by atoms with Crippen LogP contribution in [0.25, 0.3) is 0 Å². The number of carbonyl (C=O) groups is 1. The minimum atomic E-state index is -4.32. The minimum Gasteiger partial charge on any atom is -0.355 e. The molecule has 2 rings (SSSR count). The third-order valence-corrected chi connectivity index (χ3v) is 4.04. The van der Waals surface area contributed by atoms with Gasteiger partial charge in [0.25, 0.3) is 0 Å². The lowest BCUT2D eigenvalue weighted by Gasteiger charge is -2.16. The zero-order valence-corrected chi connectivity index (χ0v) is 13.8. The third-order valence-electron chi connectivity index (χ3n) is 4.04. The van der Waals surface area contributed by atoms with E-state index in [1.54, 1.807) is 6.07 Å². The van der Waals surface area contributed by atoms with Crippen LogP contribution in [0.5, 0.6) is 0 Å². The lowest BCUT2D eigenvalue weighted by molar-refractivity contribution is -0.137. The monoisotopic (exact) mass is 350 g/mol. The highest BCUT2D eigenvalue weighted by molar-refractivity contribution is 5.85. The van der Waals surface area contributed by atoms with Crippen molar-refractivity contribution in [3.8, 4) is 0 Å². The quantitative estimate of drug-likeness (QED) is 0.853. The van der Waals surface area contributed by atoms with Gasteiger partial charge in [0.05, 0.1) is 11.6 Å². The van der Waals surface area contributed by atoms with Gasteiger partial charge in [0, 0.05) is 6.54 Å². The molecule has 0 spiro atoms. The van der Waals surface area contributed by atoms with Crippen LogP contribution >= 0.6 is 12.4 Å². The predicted octanol–water partition coefficient (Wildman–Crippen LogP) is 3.49. The summed E-state index contributed by atoms with van der Waals surface area (Å²) >= 11 is 0. The van der Waals surface area contributed by atoms with Gasteiger partial charge >= 0.3 is 6.18 Å². The highest BCUT2D eigenvalue weighted by Crippen LogP contribution is 2.31. The van der Waals surface area contributed by atoms with Crippen molar-refractivity contribution in [3.63, 3.8) is 0 Å². The highest BCUT2D eigenvalue weighted by atomic mass is 35.5. The molecule has 1 aromatic carbocycles. The van der Waals surface area contributed by atoms with Crippen molar-refractivity contribution >= 4 is 18.3 Å². The molecule has 0 saturated carbocycles. The van der Waals surface area contributed by atoms with E-state index in [2.05, 4.69) is 10.6 Å². The van der Waals surface area contributed by atoms with Crippen LogP contribution in [-0.2, 0) is 11.0 Å². The van der Waals surface area contributed by atoms with E-state index in [9.17, 15) is 18.0 Å². The number of nitrogens with one attached hydrogen (secondary N) is 2. The molecule has 0 radical (unpaired) electrons. The molecule has 0 aliphatic carbocycles. The number of alkyl halides is 3. The number of hydrogen-bond donors (Lipinski definition) is 2. The van der Waals surface area contributed by atoms with Crippen LogP contribution in [0.2, 0.25) is 0 Å². The van der Waals surface area contributed by atoms with Crippen LogP contribution in [0.15, 0.2) is 24.3 Å². The normalized spacial score (nSPS) is 19.0. The zero-order chi connectivity index (χ0) is 16.2. The van der Waals surface area contributed by atoms with Crippen molar-refractivity contribution < 1.29 is 18.0 Å². The molecule has 0 aromatic heterocycles. The molecule has 23 heavy (non-hydrogen) atoms. The molecule has 1 fully saturated rings. The largest absolute Gasteiger partial charge is 0.416 e. The fourth-order valence-electron chi connectivity index (χ4n) is 2.63. The summed E-state index contributed by atoms with van der Waals surface area (Å²) < 4.78 is 38.1. The van der Waals surface area contributed by atoms with E-state index in [1.165, 1.54) is 12.1 Å². The molecule has 1 amide bonds. The zero-order valence-electron chi connectivity index (χ0n) is 13.0. The van der Waals surface area contributed by atoms with E-state index in [1.807, 2.05) is 6.92 Å². The van der Waals surface area contributed by atoms with Crippen molar-refractivity contribution in [2.24, 2.45) is 0 Å². The predicted molar refractivity (Wildman–Crippen MR) is 85.8 cm³/mol. The van der Waals surface area contributed by atoms with E-state index < -0.39 is 11.7 Å². The van der Waals surface area contributed by atoms with Crippen LogP contribution in [-0.4, -0.2) is 25.0 Å². The molecule has 0 bridgehead atoms. The Bertz CT molecular complexity index is 516. The van der Waals surface area contributed by atoms with Gasteiger partial charge in [0.1, 0.15) is 0 Å². The van der Waals surface area contributed by atoms with Gasteiger partial charge in [-0.3, -0.25) is 4.79 Å². The molecule has 1 aromatic rings. The number of halogens is 4. The van der Waals surface area contributed by atoms with Crippen molar-refractivity contribution in [1.82, 2.24) is 10.6 Å². The molecule has 1 heterocycles. The summed E-state index contributed by atoms with van der Waals surface area (Å²) in [4.78, 5) is 11.8. The molecule has 130 valence electrons. The lowest BCUT2D eigenvalue weighted by Crippen LogP contribution is -2.40. The van der Waals surface area contributed by atoms with Gasteiger partial charge < -0.3 is 10.6 Å². The van der Waals surface area contributed by atoms with Crippen molar-refractivity contribution in [3.05, 3.63) is 35.4 Å². The van der Waals surface area contributed by atoms with Gasteiger partial charge in [0.15, 0.2) is 0 Å². The summed E-state index contributed by atoms with van der Waals surface area (Å²) in [5, 5.41) is 5.96. The molecule has 7 heteroatoms. The summed E-state index contributed by atoms with van der Waals surface area (Å²) in [5.74, 6) is -0.0621. The SMILES string of the molecule is CC(CCNC(=O)C1CCCN1)c1cccc(C(F)(F)F)c1.Cl. The van der Waals surface area contributed by atoms with Crippen LogP contribution in [0.3, 0.4) is 0 Å². The standard InChI is InChI=1S/C16H21F3N2O.ClH/c1-11(7-9-21-15(22)14-6-3-8-20-14)12-4-2-5-13(10-12)16(17,18)19;/h2,4-5,10-11,14,20H,3,6-9H2,1H3,(H,21,22);1H. The van der Waals surface area contributed by atoms with E-state index in [0.29, 0.717) is 18.5 Å². The van der Waals surface area contributed by atoms with Gasteiger partial charge in [-0.25, -0.2) is 0 Å².